The summed E-state index contributed by atoms with van der Waals surface area (Å²) in [6, 6.07) is 5.04. The standard InChI is InChI=1S/C15H17N3O4/c1-3-18-8-9(6-13(18)19)14(20)16-10-4-5-11-12(7-10)22-15(21)17(11)2/h4-5,7,9H,3,6,8H2,1-2H3,(H,16,20)/t9-/m0/s1. The van der Waals surface area contributed by atoms with Crippen molar-refractivity contribution in [3.05, 3.63) is 28.7 Å². The van der Waals surface area contributed by atoms with Crippen LogP contribution in [0.15, 0.2) is 27.4 Å². The fourth-order valence-corrected chi connectivity index (χ4v) is 2.71. The number of carbonyl (C=O) groups excluding carboxylic acids is 2. The quantitative estimate of drug-likeness (QED) is 0.914. The van der Waals surface area contributed by atoms with Crippen LogP contribution in [0.3, 0.4) is 0 Å². The fraction of sp³-hybridized carbons (Fsp3) is 0.400. The van der Waals surface area contributed by atoms with E-state index in [9.17, 15) is 14.4 Å². The number of nitrogens with one attached hydrogen (secondary N) is 1. The highest BCUT2D eigenvalue weighted by atomic mass is 16.4. The van der Waals surface area contributed by atoms with E-state index in [0.29, 0.717) is 29.9 Å². The number of rotatable bonds is 3. The van der Waals surface area contributed by atoms with Crippen molar-refractivity contribution < 1.29 is 14.0 Å². The molecule has 1 aromatic heterocycles. The first-order valence-electron chi connectivity index (χ1n) is 7.17. The van der Waals surface area contributed by atoms with E-state index in [2.05, 4.69) is 5.32 Å². The maximum Gasteiger partial charge on any atom is 0.419 e. The van der Waals surface area contributed by atoms with Crippen LogP contribution in [0.4, 0.5) is 5.69 Å². The van der Waals surface area contributed by atoms with Gasteiger partial charge < -0.3 is 14.6 Å². The van der Waals surface area contributed by atoms with E-state index in [1.807, 2.05) is 6.92 Å². The molecule has 2 amide bonds. The van der Waals surface area contributed by atoms with E-state index < -0.39 is 5.76 Å². The van der Waals surface area contributed by atoms with Crippen molar-refractivity contribution >= 4 is 28.6 Å². The summed E-state index contributed by atoms with van der Waals surface area (Å²) in [6.45, 7) is 2.96. The molecule has 7 nitrogen and oxygen atoms in total. The molecule has 0 aliphatic carbocycles. The second kappa shape index (κ2) is 5.32. The molecule has 1 aromatic carbocycles. The zero-order valence-corrected chi connectivity index (χ0v) is 12.5. The lowest BCUT2D eigenvalue weighted by molar-refractivity contribution is -0.128. The van der Waals surface area contributed by atoms with Crippen LogP contribution in [0.25, 0.3) is 11.1 Å². The number of carbonyl (C=O) groups is 2. The molecule has 0 radical (unpaired) electrons. The molecule has 1 aliphatic heterocycles. The van der Waals surface area contributed by atoms with Crippen molar-refractivity contribution in [1.82, 2.24) is 9.47 Å². The Morgan fingerprint density at radius 3 is 2.86 bits per heavy atom. The number of fused-ring (bicyclic) bond motifs is 1. The molecule has 0 saturated carbocycles. The Kier molecular flexibility index (Phi) is 3.48. The molecule has 116 valence electrons. The second-order valence-corrected chi connectivity index (χ2v) is 5.43. The molecule has 1 aliphatic rings. The number of benzene rings is 1. The highest BCUT2D eigenvalue weighted by Crippen LogP contribution is 2.22. The van der Waals surface area contributed by atoms with Crippen LogP contribution >= 0.6 is 0 Å². The van der Waals surface area contributed by atoms with E-state index in [-0.39, 0.29) is 24.2 Å². The third-order valence-corrected chi connectivity index (χ3v) is 4.03. The highest BCUT2D eigenvalue weighted by Gasteiger charge is 2.33. The van der Waals surface area contributed by atoms with E-state index in [1.54, 1.807) is 30.1 Å². The van der Waals surface area contributed by atoms with E-state index in [4.69, 9.17) is 4.42 Å². The molecular formula is C15H17N3O4. The fourth-order valence-electron chi connectivity index (χ4n) is 2.71. The summed E-state index contributed by atoms with van der Waals surface area (Å²) < 4.78 is 6.49. The van der Waals surface area contributed by atoms with Gasteiger partial charge in [0.2, 0.25) is 11.8 Å². The van der Waals surface area contributed by atoms with Gasteiger partial charge in [-0.3, -0.25) is 14.2 Å². The monoisotopic (exact) mass is 303 g/mol. The third kappa shape index (κ3) is 2.38. The number of nitrogens with zero attached hydrogens (tertiary/aromatic N) is 2. The molecule has 22 heavy (non-hydrogen) atoms. The van der Waals surface area contributed by atoms with Crippen molar-refractivity contribution in [3.8, 4) is 0 Å². The highest BCUT2D eigenvalue weighted by molar-refractivity contribution is 5.98. The van der Waals surface area contributed by atoms with Gasteiger partial charge in [-0.1, -0.05) is 0 Å². The summed E-state index contributed by atoms with van der Waals surface area (Å²) >= 11 is 0. The summed E-state index contributed by atoms with van der Waals surface area (Å²) in [6.07, 6.45) is 0.238. The van der Waals surface area contributed by atoms with Gasteiger partial charge in [-0.05, 0) is 19.1 Å². The lowest BCUT2D eigenvalue weighted by Crippen LogP contribution is -2.28. The molecule has 7 heteroatoms. The Bertz CT molecular complexity index is 805. The summed E-state index contributed by atoms with van der Waals surface area (Å²) in [7, 11) is 1.62. The van der Waals surface area contributed by atoms with Crippen LogP contribution in [0.1, 0.15) is 13.3 Å². The van der Waals surface area contributed by atoms with Crippen LogP contribution < -0.4 is 11.1 Å². The molecule has 0 spiro atoms. The Morgan fingerprint density at radius 2 is 2.18 bits per heavy atom. The molecule has 1 atom stereocenters. The number of aryl methyl sites for hydroxylation is 1. The average molecular weight is 303 g/mol. The SMILES string of the molecule is CCN1C[C@@H](C(=O)Nc2ccc3c(c2)oc(=O)n3C)CC1=O. The van der Waals surface area contributed by atoms with Crippen molar-refractivity contribution in [1.29, 1.82) is 0 Å². The first-order valence-corrected chi connectivity index (χ1v) is 7.17. The molecule has 3 rings (SSSR count). The summed E-state index contributed by atoms with van der Waals surface area (Å²) in [4.78, 5) is 37.0. The lowest BCUT2D eigenvalue weighted by atomic mass is 10.1. The number of oxazole rings is 1. The lowest BCUT2D eigenvalue weighted by Gasteiger charge is -2.13. The van der Waals surface area contributed by atoms with E-state index in [1.165, 1.54) is 4.57 Å². The maximum atomic E-state index is 12.2. The molecule has 2 aromatic rings. The molecule has 2 heterocycles. The molecule has 1 fully saturated rings. The van der Waals surface area contributed by atoms with Crippen molar-refractivity contribution in [3.63, 3.8) is 0 Å². The summed E-state index contributed by atoms with van der Waals surface area (Å²) in [5, 5.41) is 2.78. The first-order chi connectivity index (χ1) is 10.5. The van der Waals surface area contributed by atoms with Crippen molar-refractivity contribution in [2.75, 3.05) is 18.4 Å². The van der Waals surface area contributed by atoms with Gasteiger partial charge in [-0.2, -0.15) is 0 Å². The zero-order valence-electron chi connectivity index (χ0n) is 12.5. The van der Waals surface area contributed by atoms with Crippen LogP contribution in [0.5, 0.6) is 0 Å². The summed E-state index contributed by atoms with van der Waals surface area (Å²) in [5.41, 5.74) is 1.63. The van der Waals surface area contributed by atoms with Gasteiger partial charge in [0.25, 0.3) is 0 Å². The van der Waals surface area contributed by atoms with Crippen molar-refractivity contribution in [2.24, 2.45) is 13.0 Å². The number of likely N-dealkylation sites (tertiary alicyclic amines) is 1. The maximum absolute atomic E-state index is 12.2. The molecule has 1 saturated heterocycles. The molecular weight excluding hydrogens is 286 g/mol. The number of anilines is 1. The molecule has 0 unspecified atom stereocenters. The predicted molar refractivity (Wildman–Crippen MR) is 80.4 cm³/mol. The van der Waals surface area contributed by atoms with Gasteiger partial charge in [0.05, 0.1) is 11.4 Å². The number of hydrogen-bond acceptors (Lipinski definition) is 4. The Morgan fingerprint density at radius 1 is 1.41 bits per heavy atom. The van der Waals surface area contributed by atoms with Crippen LogP contribution in [0, 0.1) is 5.92 Å². The minimum Gasteiger partial charge on any atom is -0.408 e. The number of aromatic nitrogens is 1. The Labute approximate surface area is 126 Å². The Hall–Kier alpha value is -2.57. The molecule has 0 bridgehead atoms. The summed E-state index contributed by atoms with van der Waals surface area (Å²) in [5.74, 6) is -0.974. The van der Waals surface area contributed by atoms with Gasteiger partial charge in [0.1, 0.15) is 0 Å². The van der Waals surface area contributed by atoms with Gasteiger partial charge in [-0.25, -0.2) is 4.79 Å². The Balaban J connectivity index is 1.77. The van der Waals surface area contributed by atoms with E-state index >= 15 is 0 Å². The second-order valence-electron chi connectivity index (χ2n) is 5.43. The largest absolute Gasteiger partial charge is 0.419 e. The van der Waals surface area contributed by atoms with Crippen LogP contribution in [0.2, 0.25) is 0 Å². The number of hydrogen-bond donors (Lipinski definition) is 1. The van der Waals surface area contributed by atoms with E-state index in [0.717, 1.165) is 0 Å². The minimum absolute atomic E-state index is 0.00663. The average Bonchev–Trinajstić information content (AvgIpc) is 3.00. The zero-order chi connectivity index (χ0) is 15.9. The van der Waals surface area contributed by atoms with Crippen LogP contribution in [-0.4, -0.2) is 34.4 Å². The van der Waals surface area contributed by atoms with Gasteiger partial charge in [0.15, 0.2) is 5.58 Å². The first kappa shape index (κ1) is 14.4. The smallest absolute Gasteiger partial charge is 0.408 e. The van der Waals surface area contributed by atoms with Gasteiger partial charge >= 0.3 is 5.76 Å². The van der Waals surface area contributed by atoms with Crippen molar-refractivity contribution in [2.45, 2.75) is 13.3 Å². The normalized spacial score (nSPS) is 18.2. The third-order valence-electron chi connectivity index (χ3n) is 4.03. The number of amides is 2. The van der Waals surface area contributed by atoms with Gasteiger partial charge in [0, 0.05) is 38.3 Å². The molecule has 1 N–H and O–H groups in total. The van der Waals surface area contributed by atoms with Gasteiger partial charge in [-0.15, -0.1) is 0 Å². The topological polar surface area (TPSA) is 84.6 Å². The minimum atomic E-state index is -0.446. The predicted octanol–water partition coefficient (Wildman–Crippen LogP) is 0.938. The van der Waals surface area contributed by atoms with Crippen LogP contribution in [-0.2, 0) is 16.6 Å².